The zero-order valence-electron chi connectivity index (χ0n) is 10.9. The van der Waals surface area contributed by atoms with Crippen molar-refractivity contribution in [3.05, 3.63) is 59.4 Å². The molecular formula is C15H14FNO3. The molecule has 5 heteroatoms. The van der Waals surface area contributed by atoms with Gasteiger partial charge in [-0.25, -0.2) is 9.18 Å². The Kier molecular flexibility index (Phi) is 4.20. The van der Waals surface area contributed by atoms with Gasteiger partial charge >= 0.3 is 5.97 Å². The van der Waals surface area contributed by atoms with E-state index in [0.29, 0.717) is 17.7 Å². The van der Waals surface area contributed by atoms with Crippen LogP contribution < -0.4 is 5.32 Å². The van der Waals surface area contributed by atoms with Crippen LogP contribution in [0, 0.1) is 5.82 Å². The van der Waals surface area contributed by atoms with E-state index in [-0.39, 0.29) is 5.75 Å². The van der Waals surface area contributed by atoms with Crippen molar-refractivity contribution < 1.29 is 19.0 Å². The number of esters is 1. The molecule has 20 heavy (non-hydrogen) atoms. The first-order valence-electron chi connectivity index (χ1n) is 6.00. The highest BCUT2D eigenvalue weighted by Gasteiger charge is 2.05. The first-order valence-corrected chi connectivity index (χ1v) is 6.00. The smallest absolute Gasteiger partial charge is 0.337 e. The fourth-order valence-corrected chi connectivity index (χ4v) is 1.71. The van der Waals surface area contributed by atoms with Crippen molar-refractivity contribution in [3.8, 4) is 5.75 Å². The number of phenolic OH excluding ortho intramolecular Hbond substituents is 1. The van der Waals surface area contributed by atoms with Crippen LogP contribution in [0.15, 0.2) is 42.5 Å². The summed E-state index contributed by atoms with van der Waals surface area (Å²) in [5.41, 5.74) is 1.97. The molecule has 0 radical (unpaired) electrons. The molecule has 0 unspecified atom stereocenters. The maximum absolute atomic E-state index is 13.2. The standard InChI is InChI=1S/C15H14FNO3/c1-20-15(19)11-3-5-12(6-4-11)17-9-10-2-7-14(18)13(16)8-10/h2-8,17-18H,9H2,1H3. The second-order valence-corrected chi connectivity index (χ2v) is 4.21. The average molecular weight is 275 g/mol. The molecule has 0 amide bonds. The minimum absolute atomic E-state index is 0.365. The van der Waals surface area contributed by atoms with Crippen molar-refractivity contribution in [1.82, 2.24) is 0 Å². The number of halogens is 1. The number of carbonyl (C=O) groups excluding carboxylic acids is 1. The number of nitrogens with one attached hydrogen (secondary N) is 1. The third-order valence-electron chi connectivity index (χ3n) is 2.81. The van der Waals surface area contributed by atoms with Crippen molar-refractivity contribution in [2.24, 2.45) is 0 Å². The lowest BCUT2D eigenvalue weighted by atomic mass is 10.2. The van der Waals surface area contributed by atoms with E-state index < -0.39 is 11.8 Å². The molecule has 104 valence electrons. The van der Waals surface area contributed by atoms with Gasteiger partial charge in [-0.05, 0) is 42.0 Å². The Balaban J connectivity index is 2.00. The SMILES string of the molecule is COC(=O)c1ccc(NCc2ccc(O)c(F)c2)cc1. The summed E-state index contributed by atoms with van der Waals surface area (Å²) in [6, 6.07) is 11.0. The predicted octanol–water partition coefficient (Wildman–Crippen LogP) is 2.93. The summed E-state index contributed by atoms with van der Waals surface area (Å²) in [6.07, 6.45) is 0. The van der Waals surface area contributed by atoms with Crippen LogP contribution in [0.2, 0.25) is 0 Å². The van der Waals surface area contributed by atoms with Gasteiger partial charge in [0, 0.05) is 12.2 Å². The number of methoxy groups -OCH3 is 1. The third kappa shape index (κ3) is 3.26. The van der Waals surface area contributed by atoms with Crippen LogP contribution in [0.1, 0.15) is 15.9 Å². The van der Waals surface area contributed by atoms with Gasteiger partial charge in [0.25, 0.3) is 0 Å². The fourth-order valence-electron chi connectivity index (χ4n) is 1.71. The summed E-state index contributed by atoms with van der Waals surface area (Å²) in [6.45, 7) is 0.411. The number of benzene rings is 2. The minimum atomic E-state index is -0.648. The maximum Gasteiger partial charge on any atom is 0.337 e. The number of aromatic hydroxyl groups is 1. The van der Waals surface area contributed by atoms with Gasteiger partial charge in [-0.3, -0.25) is 0 Å². The zero-order chi connectivity index (χ0) is 14.5. The number of hydrogen-bond acceptors (Lipinski definition) is 4. The molecule has 0 spiro atoms. The molecule has 0 aliphatic carbocycles. The number of ether oxygens (including phenoxy) is 1. The second-order valence-electron chi connectivity index (χ2n) is 4.21. The van der Waals surface area contributed by atoms with Crippen LogP contribution in [0.3, 0.4) is 0 Å². The van der Waals surface area contributed by atoms with Gasteiger partial charge in [-0.1, -0.05) is 6.07 Å². The minimum Gasteiger partial charge on any atom is -0.505 e. The Morgan fingerprint density at radius 2 is 1.95 bits per heavy atom. The lowest BCUT2D eigenvalue weighted by molar-refractivity contribution is 0.0601. The van der Waals surface area contributed by atoms with Gasteiger partial charge in [0.2, 0.25) is 0 Å². The predicted molar refractivity (Wildman–Crippen MR) is 73.2 cm³/mol. The molecule has 0 aromatic heterocycles. The third-order valence-corrected chi connectivity index (χ3v) is 2.81. The van der Waals surface area contributed by atoms with Crippen LogP contribution in [0.5, 0.6) is 5.75 Å². The summed E-state index contributed by atoms with van der Waals surface area (Å²) in [4.78, 5) is 11.3. The lowest BCUT2D eigenvalue weighted by Gasteiger charge is -2.08. The molecule has 0 heterocycles. The molecule has 0 saturated heterocycles. The highest BCUT2D eigenvalue weighted by molar-refractivity contribution is 5.89. The number of anilines is 1. The molecule has 0 atom stereocenters. The molecule has 2 aromatic carbocycles. The van der Waals surface area contributed by atoms with E-state index in [4.69, 9.17) is 5.11 Å². The summed E-state index contributed by atoms with van der Waals surface area (Å²) >= 11 is 0. The van der Waals surface area contributed by atoms with Gasteiger partial charge in [0.05, 0.1) is 12.7 Å². The summed E-state index contributed by atoms with van der Waals surface area (Å²) in [7, 11) is 1.33. The van der Waals surface area contributed by atoms with Crippen molar-refractivity contribution >= 4 is 11.7 Å². The number of carbonyl (C=O) groups is 1. The molecule has 0 bridgehead atoms. The Labute approximate surface area is 115 Å². The first kappa shape index (κ1) is 13.9. The van der Waals surface area contributed by atoms with E-state index in [0.717, 1.165) is 5.69 Å². The van der Waals surface area contributed by atoms with Crippen LogP contribution in [-0.2, 0) is 11.3 Å². The van der Waals surface area contributed by atoms with Gasteiger partial charge < -0.3 is 15.2 Å². The van der Waals surface area contributed by atoms with E-state index in [2.05, 4.69) is 10.1 Å². The fraction of sp³-hybridized carbons (Fsp3) is 0.133. The molecule has 0 aliphatic rings. The molecule has 0 aliphatic heterocycles. The van der Waals surface area contributed by atoms with E-state index in [1.54, 1.807) is 30.3 Å². The molecule has 2 aromatic rings. The quantitative estimate of drug-likeness (QED) is 0.842. The van der Waals surface area contributed by atoms with Gasteiger partial charge in [0.15, 0.2) is 11.6 Å². The van der Waals surface area contributed by atoms with Gasteiger partial charge in [-0.15, -0.1) is 0 Å². The Morgan fingerprint density at radius 3 is 2.55 bits per heavy atom. The maximum atomic E-state index is 13.2. The highest BCUT2D eigenvalue weighted by atomic mass is 19.1. The van der Waals surface area contributed by atoms with Crippen LogP contribution >= 0.6 is 0 Å². The lowest BCUT2D eigenvalue weighted by Crippen LogP contribution is -2.03. The molecule has 4 nitrogen and oxygen atoms in total. The summed E-state index contributed by atoms with van der Waals surface area (Å²) in [5.74, 6) is -1.40. The van der Waals surface area contributed by atoms with Crippen LogP contribution in [-0.4, -0.2) is 18.2 Å². The summed E-state index contributed by atoms with van der Waals surface area (Å²) in [5, 5.41) is 12.2. The molecule has 0 saturated carbocycles. The zero-order valence-corrected chi connectivity index (χ0v) is 10.9. The molecule has 0 fully saturated rings. The van der Waals surface area contributed by atoms with E-state index in [9.17, 15) is 9.18 Å². The Morgan fingerprint density at radius 1 is 1.25 bits per heavy atom. The van der Waals surface area contributed by atoms with Crippen LogP contribution in [0.25, 0.3) is 0 Å². The average Bonchev–Trinajstić information content (AvgIpc) is 2.48. The largest absolute Gasteiger partial charge is 0.505 e. The van der Waals surface area contributed by atoms with Crippen LogP contribution in [0.4, 0.5) is 10.1 Å². The number of hydrogen-bond donors (Lipinski definition) is 2. The van der Waals surface area contributed by atoms with E-state index in [1.807, 2.05) is 0 Å². The number of rotatable bonds is 4. The van der Waals surface area contributed by atoms with Crippen molar-refractivity contribution in [2.45, 2.75) is 6.54 Å². The summed E-state index contributed by atoms with van der Waals surface area (Å²) < 4.78 is 17.8. The first-order chi connectivity index (χ1) is 9.60. The van der Waals surface area contributed by atoms with Crippen molar-refractivity contribution in [1.29, 1.82) is 0 Å². The Bertz CT molecular complexity index is 611. The Hall–Kier alpha value is -2.56. The van der Waals surface area contributed by atoms with E-state index >= 15 is 0 Å². The van der Waals surface area contributed by atoms with E-state index in [1.165, 1.54) is 19.2 Å². The normalized spacial score (nSPS) is 10.1. The number of phenols is 1. The van der Waals surface area contributed by atoms with Crippen molar-refractivity contribution in [2.75, 3.05) is 12.4 Å². The topological polar surface area (TPSA) is 58.6 Å². The van der Waals surface area contributed by atoms with Crippen molar-refractivity contribution in [3.63, 3.8) is 0 Å². The second kappa shape index (κ2) is 6.06. The van der Waals surface area contributed by atoms with Gasteiger partial charge in [0.1, 0.15) is 0 Å². The van der Waals surface area contributed by atoms with Gasteiger partial charge in [-0.2, -0.15) is 0 Å². The molecular weight excluding hydrogens is 261 g/mol. The molecule has 2 rings (SSSR count). The molecule has 2 N–H and O–H groups in total. The highest BCUT2D eigenvalue weighted by Crippen LogP contribution is 2.17. The monoisotopic (exact) mass is 275 g/mol.